The van der Waals surface area contributed by atoms with Crippen molar-refractivity contribution in [3.05, 3.63) is 23.8 Å². The molecule has 2 N–H and O–H groups in total. The van der Waals surface area contributed by atoms with E-state index in [4.69, 9.17) is 5.11 Å². The summed E-state index contributed by atoms with van der Waals surface area (Å²) in [5.41, 5.74) is 1.73. The predicted molar refractivity (Wildman–Crippen MR) is 86.8 cm³/mol. The maximum Gasteiger partial charge on any atom is 0.321 e. The van der Waals surface area contributed by atoms with Gasteiger partial charge in [-0.15, -0.1) is 0 Å². The fourth-order valence-corrected chi connectivity index (χ4v) is 3.38. The minimum atomic E-state index is -3.87. The van der Waals surface area contributed by atoms with E-state index in [1.807, 2.05) is 32.8 Å². The Bertz CT molecular complexity index is 626. The first-order valence-electron chi connectivity index (χ1n) is 7.22. The number of sulfonamides is 1. The lowest BCUT2D eigenvalue weighted by Gasteiger charge is -2.18. The van der Waals surface area contributed by atoms with Crippen molar-refractivity contribution in [1.29, 1.82) is 0 Å². The van der Waals surface area contributed by atoms with Gasteiger partial charge in [-0.05, 0) is 31.0 Å². The van der Waals surface area contributed by atoms with Crippen LogP contribution in [-0.4, -0.2) is 39.6 Å². The summed E-state index contributed by atoms with van der Waals surface area (Å²) in [5, 5.41) is 9.16. The van der Waals surface area contributed by atoms with E-state index >= 15 is 0 Å². The van der Waals surface area contributed by atoms with Crippen LogP contribution in [0.4, 0.5) is 5.69 Å². The molecule has 0 heterocycles. The molecule has 0 saturated heterocycles. The number of aryl methyl sites for hydroxylation is 1. The number of aliphatic carboxylic acids is 1. The van der Waals surface area contributed by atoms with Gasteiger partial charge in [-0.25, -0.2) is 8.42 Å². The molecule has 0 fully saturated rings. The minimum Gasteiger partial charge on any atom is -0.480 e. The van der Waals surface area contributed by atoms with Gasteiger partial charge in [-0.2, -0.15) is 4.72 Å². The van der Waals surface area contributed by atoms with Gasteiger partial charge < -0.3 is 10.0 Å². The normalized spacial score (nSPS) is 12.9. The second kappa shape index (κ2) is 7.60. The zero-order valence-electron chi connectivity index (χ0n) is 13.5. The Morgan fingerprint density at radius 3 is 2.50 bits per heavy atom. The van der Waals surface area contributed by atoms with E-state index in [1.165, 1.54) is 6.07 Å². The number of unbranched alkanes of at least 4 members (excludes halogenated alkanes) is 1. The molecule has 6 nitrogen and oxygen atoms in total. The number of nitrogens with one attached hydrogen (secondary N) is 1. The third kappa shape index (κ3) is 4.71. The number of hydrogen-bond donors (Lipinski definition) is 2. The van der Waals surface area contributed by atoms with E-state index in [-0.39, 0.29) is 11.3 Å². The Labute approximate surface area is 132 Å². The van der Waals surface area contributed by atoms with Crippen LogP contribution in [0.2, 0.25) is 0 Å². The highest BCUT2D eigenvalue weighted by atomic mass is 32.2. The molecule has 1 rings (SSSR count). The third-order valence-electron chi connectivity index (χ3n) is 3.41. The maximum atomic E-state index is 12.4. The highest BCUT2D eigenvalue weighted by Gasteiger charge is 2.25. The topological polar surface area (TPSA) is 86.7 Å². The molecule has 124 valence electrons. The van der Waals surface area contributed by atoms with Gasteiger partial charge in [0.1, 0.15) is 6.04 Å². The number of carbonyl (C=O) groups is 1. The molecule has 1 atom stereocenters. The summed E-state index contributed by atoms with van der Waals surface area (Å²) in [7, 11) is -0.212. The number of hydrogen-bond acceptors (Lipinski definition) is 4. The van der Waals surface area contributed by atoms with Gasteiger partial charge in [0, 0.05) is 19.8 Å². The zero-order valence-corrected chi connectivity index (χ0v) is 14.3. The molecule has 1 aromatic rings. The van der Waals surface area contributed by atoms with Gasteiger partial charge in [0.2, 0.25) is 10.0 Å². The van der Waals surface area contributed by atoms with Crippen molar-refractivity contribution in [3.63, 3.8) is 0 Å². The quantitative estimate of drug-likeness (QED) is 0.762. The fraction of sp³-hybridized carbons (Fsp3) is 0.533. The van der Waals surface area contributed by atoms with Gasteiger partial charge in [0.15, 0.2) is 0 Å². The summed E-state index contributed by atoms with van der Waals surface area (Å²) in [5.74, 6) is -1.16. The molecule has 0 saturated carbocycles. The van der Waals surface area contributed by atoms with Crippen LogP contribution in [0, 0.1) is 6.92 Å². The molecule has 0 aliphatic rings. The van der Waals surface area contributed by atoms with Crippen LogP contribution in [0.15, 0.2) is 23.1 Å². The first-order chi connectivity index (χ1) is 10.2. The molecule has 1 aromatic carbocycles. The lowest BCUT2D eigenvalue weighted by atomic mass is 10.1. The van der Waals surface area contributed by atoms with Gasteiger partial charge in [-0.1, -0.05) is 25.8 Å². The average Bonchev–Trinajstić information content (AvgIpc) is 2.43. The molecular formula is C15H24N2O4S. The van der Waals surface area contributed by atoms with Crippen LogP contribution in [0.3, 0.4) is 0 Å². The van der Waals surface area contributed by atoms with E-state index < -0.39 is 22.0 Å². The number of rotatable bonds is 8. The Morgan fingerprint density at radius 1 is 1.36 bits per heavy atom. The highest BCUT2D eigenvalue weighted by molar-refractivity contribution is 7.89. The zero-order chi connectivity index (χ0) is 16.9. The van der Waals surface area contributed by atoms with Crippen molar-refractivity contribution in [3.8, 4) is 0 Å². The monoisotopic (exact) mass is 328 g/mol. The highest BCUT2D eigenvalue weighted by Crippen LogP contribution is 2.22. The van der Waals surface area contributed by atoms with E-state index in [0.717, 1.165) is 17.7 Å². The first kappa shape index (κ1) is 18.4. The Kier molecular flexibility index (Phi) is 6.37. The minimum absolute atomic E-state index is 0.0737. The van der Waals surface area contributed by atoms with E-state index in [9.17, 15) is 13.2 Å². The summed E-state index contributed by atoms with van der Waals surface area (Å²) in [4.78, 5) is 13.1. The smallest absolute Gasteiger partial charge is 0.321 e. The molecule has 0 spiro atoms. The van der Waals surface area contributed by atoms with Crippen molar-refractivity contribution in [2.75, 3.05) is 19.0 Å². The van der Waals surface area contributed by atoms with Crippen LogP contribution >= 0.6 is 0 Å². The van der Waals surface area contributed by atoms with Crippen molar-refractivity contribution in [2.45, 2.75) is 44.0 Å². The van der Waals surface area contributed by atoms with Gasteiger partial charge in [-0.3, -0.25) is 4.79 Å². The summed E-state index contributed by atoms with van der Waals surface area (Å²) in [6.45, 7) is 3.82. The molecule has 7 heteroatoms. The lowest BCUT2D eigenvalue weighted by molar-refractivity contribution is -0.139. The van der Waals surface area contributed by atoms with E-state index in [0.29, 0.717) is 6.42 Å². The molecular weight excluding hydrogens is 304 g/mol. The maximum absolute atomic E-state index is 12.4. The Hall–Kier alpha value is -1.60. The van der Waals surface area contributed by atoms with Crippen molar-refractivity contribution >= 4 is 21.7 Å². The predicted octanol–water partition coefficient (Wildman–Crippen LogP) is 1.98. The average molecular weight is 328 g/mol. The van der Waals surface area contributed by atoms with E-state index in [1.54, 1.807) is 12.1 Å². The Balaban J connectivity index is 3.07. The number of anilines is 1. The molecule has 0 radical (unpaired) electrons. The van der Waals surface area contributed by atoms with E-state index in [2.05, 4.69) is 4.72 Å². The summed E-state index contributed by atoms with van der Waals surface area (Å²) >= 11 is 0. The van der Waals surface area contributed by atoms with Crippen molar-refractivity contribution < 1.29 is 18.3 Å². The first-order valence-corrected chi connectivity index (χ1v) is 8.70. The molecule has 0 bridgehead atoms. The second-order valence-electron chi connectivity index (χ2n) is 5.50. The van der Waals surface area contributed by atoms with Gasteiger partial charge >= 0.3 is 5.97 Å². The fourth-order valence-electron chi connectivity index (χ4n) is 2.13. The van der Waals surface area contributed by atoms with Crippen LogP contribution in [0.25, 0.3) is 0 Å². The van der Waals surface area contributed by atoms with Crippen molar-refractivity contribution in [2.24, 2.45) is 0 Å². The number of benzene rings is 1. The number of carboxylic acid groups (broad SMARTS) is 1. The standard InChI is InChI=1S/C15H24N2O4S/c1-5-6-7-13(15(18)19)16-22(20,21)12-9-8-11(2)14(10-12)17(3)4/h8-10,13,16H,5-7H2,1-4H3,(H,18,19). The largest absolute Gasteiger partial charge is 0.480 e. The van der Waals surface area contributed by atoms with Crippen LogP contribution in [0.1, 0.15) is 31.7 Å². The number of nitrogens with zero attached hydrogens (tertiary/aromatic N) is 1. The van der Waals surface area contributed by atoms with Crippen LogP contribution in [0.5, 0.6) is 0 Å². The summed E-state index contributed by atoms with van der Waals surface area (Å²) in [6, 6.07) is 3.65. The van der Waals surface area contributed by atoms with Crippen LogP contribution < -0.4 is 9.62 Å². The molecule has 0 aromatic heterocycles. The summed E-state index contributed by atoms with van der Waals surface area (Å²) < 4.78 is 27.1. The second-order valence-corrected chi connectivity index (χ2v) is 7.21. The number of carboxylic acids is 1. The molecule has 1 unspecified atom stereocenters. The third-order valence-corrected chi connectivity index (χ3v) is 4.88. The lowest BCUT2D eigenvalue weighted by Crippen LogP contribution is -2.40. The molecule has 0 aliphatic heterocycles. The van der Waals surface area contributed by atoms with Gasteiger partial charge in [0.25, 0.3) is 0 Å². The molecule has 0 amide bonds. The van der Waals surface area contributed by atoms with Gasteiger partial charge in [0.05, 0.1) is 4.90 Å². The SMILES string of the molecule is CCCCC(NS(=O)(=O)c1ccc(C)c(N(C)C)c1)C(=O)O. The molecule has 0 aliphatic carbocycles. The van der Waals surface area contributed by atoms with Crippen molar-refractivity contribution in [1.82, 2.24) is 4.72 Å². The summed E-state index contributed by atoms with van der Waals surface area (Å²) in [6.07, 6.45) is 1.73. The molecule has 22 heavy (non-hydrogen) atoms. The Morgan fingerprint density at radius 2 is 2.00 bits per heavy atom. The van der Waals surface area contributed by atoms with Crippen LogP contribution in [-0.2, 0) is 14.8 Å².